The van der Waals surface area contributed by atoms with E-state index in [1.165, 1.54) is 0 Å². The van der Waals surface area contributed by atoms with Crippen LogP contribution in [0.15, 0.2) is 52.0 Å². The number of halogens is 1. The Kier molecular flexibility index (Phi) is 8.67. The van der Waals surface area contributed by atoms with Gasteiger partial charge < -0.3 is 14.8 Å². The van der Waals surface area contributed by atoms with Crippen LogP contribution in [0.1, 0.15) is 24.5 Å². The Morgan fingerprint density at radius 1 is 1.10 bits per heavy atom. The first-order chi connectivity index (χ1) is 13.9. The molecular formula is C21H24BrN3O4. The zero-order valence-electron chi connectivity index (χ0n) is 16.6. The fourth-order valence-corrected chi connectivity index (χ4v) is 3.04. The SMILES string of the molecule is COc1ccccc1CNC(=O)C/C(C)=N\NC(=O)COc1ccc(C)cc1Br. The van der Waals surface area contributed by atoms with Crippen molar-refractivity contribution in [2.75, 3.05) is 13.7 Å². The first-order valence-electron chi connectivity index (χ1n) is 8.98. The van der Waals surface area contributed by atoms with E-state index in [1.807, 2.05) is 43.3 Å². The monoisotopic (exact) mass is 461 g/mol. The van der Waals surface area contributed by atoms with Crippen molar-refractivity contribution in [3.8, 4) is 11.5 Å². The van der Waals surface area contributed by atoms with Crippen LogP contribution in [0.3, 0.4) is 0 Å². The van der Waals surface area contributed by atoms with Crippen LogP contribution in [0.2, 0.25) is 0 Å². The summed E-state index contributed by atoms with van der Waals surface area (Å²) in [5, 5.41) is 6.75. The van der Waals surface area contributed by atoms with Crippen molar-refractivity contribution < 1.29 is 19.1 Å². The fraction of sp³-hybridized carbons (Fsp3) is 0.286. The van der Waals surface area contributed by atoms with Gasteiger partial charge in [-0.1, -0.05) is 24.3 Å². The van der Waals surface area contributed by atoms with E-state index < -0.39 is 5.91 Å². The summed E-state index contributed by atoms with van der Waals surface area (Å²) in [6, 6.07) is 13.0. The van der Waals surface area contributed by atoms with E-state index in [-0.39, 0.29) is 18.9 Å². The lowest BCUT2D eigenvalue weighted by Gasteiger charge is -2.10. The highest BCUT2D eigenvalue weighted by molar-refractivity contribution is 9.10. The largest absolute Gasteiger partial charge is 0.496 e. The van der Waals surface area contributed by atoms with E-state index in [4.69, 9.17) is 9.47 Å². The lowest BCUT2D eigenvalue weighted by molar-refractivity contribution is -0.123. The van der Waals surface area contributed by atoms with E-state index in [2.05, 4.69) is 31.8 Å². The van der Waals surface area contributed by atoms with Crippen molar-refractivity contribution in [2.45, 2.75) is 26.8 Å². The number of ether oxygens (including phenoxy) is 2. The molecule has 154 valence electrons. The predicted molar refractivity (Wildman–Crippen MR) is 115 cm³/mol. The highest BCUT2D eigenvalue weighted by atomic mass is 79.9. The van der Waals surface area contributed by atoms with Gasteiger partial charge in [0.2, 0.25) is 5.91 Å². The molecule has 2 N–H and O–H groups in total. The number of carbonyl (C=O) groups is 2. The minimum Gasteiger partial charge on any atom is -0.496 e. The van der Waals surface area contributed by atoms with Gasteiger partial charge in [-0.05, 0) is 53.5 Å². The number of para-hydroxylation sites is 1. The lowest BCUT2D eigenvalue weighted by Crippen LogP contribution is -2.28. The number of carbonyl (C=O) groups excluding carboxylic acids is 2. The van der Waals surface area contributed by atoms with Crippen molar-refractivity contribution >= 4 is 33.5 Å². The number of benzene rings is 2. The minimum absolute atomic E-state index is 0.0692. The Morgan fingerprint density at radius 2 is 1.86 bits per heavy atom. The lowest BCUT2D eigenvalue weighted by atomic mass is 10.2. The summed E-state index contributed by atoms with van der Waals surface area (Å²) in [5.74, 6) is 0.672. The molecule has 0 spiro atoms. The summed E-state index contributed by atoms with van der Waals surface area (Å²) in [5.41, 5.74) is 4.83. The number of nitrogens with zero attached hydrogens (tertiary/aromatic N) is 1. The standard InChI is InChI=1S/C21H24BrN3O4/c1-14-8-9-19(17(22)10-14)29-13-21(27)25-24-15(2)11-20(26)23-12-16-6-4-5-7-18(16)28-3/h4-10H,11-13H2,1-3H3,(H,23,26)(H,25,27)/b24-15-. The summed E-state index contributed by atoms with van der Waals surface area (Å²) in [6.45, 7) is 3.80. The molecule has 7 nitrogen and oxygen atoms in total. The number of hydrogen-bond acceptors (Lipinski definition) is 5. The third-order valence-electron chi connectivity index (χ3n) is 3.90. The van der Waals surface area contributed by atoms with Gasteiger partial charge in [-0.25, -0.2) is 5.43 Å². The van der Waals surface area contributed by atoms with Gasteiger partial charge in [-0.2, -0.15) is 5.10 Å². The van der Waals surface area contributed by atoms with Crippen LogP contribution in [0.25, 0.3) is 0 Å². The van der Waals surface area contributed by atoms with Crippen LogP contribution < -0.4 is 20.2 Å². The summed E-state index contributed by atoms with van der Waals surface area (Å²) in [4.78, 5) is 24.0. The molecule has 0 heterocycles. The first-order valence-corrected chi connectivity index (χ1v) is 9.78. The van der Waals surface area contributed by atoms with Gasteiger partial charge in [-0.15, -0.1) is 0 Å². The molecule has 8 heteroatoms. The Morgan fingerprint density at radius 3 is 2.59 bits per heavy atom. The zero-order chi connectivity index (χ0) is 21.2. The topological polar surface area (TPSA) is 89.0 Å². The highest BCUT2D eigenvalue weighted by Crippen LogP contribution is 2.25. The maximum atomic E-state index is 12.1. The maximum Gasteiger partial charge on any atom is 0.277 e. The number of rotatable bonds is 9. The van der Waals surface area contributed by atoms with Gasteiger partial charge in [0.1, 0.15) is 11.5 Å². The van der Waals surface area contributed by atoms with Gasteiger partial charge in [0, 0.05) is 17.8 Å². The molecule has 0 aliphatic rings. The molecule has 29 heavy (non-hydrogen) atoms. The summed E-state index contributed by atoms with van der Waals surface area (Å²) < 4.78 is 11.5. The molecule has 0 radical (unpaired) electrons. The first kappa shape index (κ1) is 22.4. The molecule has 0 atom stereocenters. The minimum atomic E-state index is -0.411. The molecule has 0 saturated carbocycles. The van der Waals surface area contributed by atoms with Crippen LogP contribution in [0.5, 0.6) is 11.5 Å². The summed E-state index contributed by atoms with van der Waals surface area (Å²) >= 11 is 3.39. The average Bonchev–Trinajstić information content (AvgIpc) is 2.70. The number of hydrogen-bond donors (Lipinski definition) is 2. The Bertz CT molecular complexity index is 899. The predicted octanol–water partition coefficient (Wildman–Crippen LogP) is 3.34. The van der Waals surface area contributed by atoms with Gasteiger partial charge in [0.15, 0.2) is 6.61 Å². The van der Waals surface area contributed by atoms with Crippen LogP contribution in [-0.4, -0.2) is 31.2 Å². The Balaban J connectivity index is 1.75. The second-order valence-corrected chi connectivity index (χ2v) is 7.22. The van der Waals surface area contributed by atoms with Crippen molar-refractivity contribution in [2.24, 2.45) is 5.10 Å². The van der Waals surface area contributed by atoms with Gasteiger partial charge in [0.05, 0.1) is 18.0 Å². The van der Waals surface area contributed by atoms with Crippen LogP contribution in [-0.2, 0) is 16.1 Å². The van der Waals surface area contributed by atoms with Gasteiger partial charge in [-0.3, -0.25) is 9.59 Å². The number of amides is 2. The molecule has 2 aromatic rings. The van der Waals surface area contributed by atoms with Gasteiger partial charge in [0.25, 0.3) is 5.91 Å². The normalized spacial score (nSPS) is 11.0. The summed E-state index contributed by atoms with van der Waals surface area (Å²) in [7, 11) is 1.58. The van der Waals surface area contributed by atoms with E-state index in [1.54, 1.807) is 20.1 Å². The molecule has 0 bridgehead atoms. The molecule has 2 amide bonds. The quantitative estimate of drug-likeness (QED) is 0.442. The molecule has 0 fully saturated rings. The van der Waals surface area contributed by atoms with Crippen molar-refractivity contribution in [3.05, 3.63) is 58.1 Å². The molecular weight excluding hydrogens is 438 g/mol. The number of aryl methyl sites for hydroxylation is 1. The van der Waals surface area contributed by atoms with Crippen LogP contribution in [0.4, 0.5) is 0 Å². The van der Waals surface area contributed by atoms with Crippen molar-refractivity contribution in [1.29, 1.82) is 0 Å². The van der Waals surface area contributed by atoms with E-state index >= 15 is 0 Å². The Labute approximate surface area is 178 Å². The third-order valence-corrected chi connectivity index (χ3v) is 4.52. The van der Waals surface area contributed by atoms with Crippen LogP contribution in [0, 0.1) is 6.92 Å². The number of methoxy groups -OCH3 is 1. The third kappa shape index (κ3) is 7.57. The van der Waals surface area contributed by atoms with Crippen LogP contribution >= 0.6 is 15.9 Å². The molecule has 0 aliphatic carbocycles. The number of nitrogens with one attached hydrogen (secondary N) is 2. The molecule has 0 unspecified atom stereocenters. The van der Waals surface area contributed by atoms with E-state index in [0.29, 0.717) is 23.8 Å². The average molecular weight is 462 g/mol. The maximum absolute atomic E-state index is 12.1. The van der Waals surface area contributed by atoms with Crippen molar-refractivity contribution in [1.82, 2.24) is 10.7 Å². The molecule has 0 aromatic heterocycles. The molecule has 2 rings (SSSR count). The van der Waals surface area contributed by atoms with Gasteiger partial charge >= 0.3 is 0 Å². The summed E-state index contributed by atoms with van der Waals surface area (Å²) in [6.07, 6.45) is 0.0692. The van der Waals surface area contributed by atoms with Crippen molar-refractivity contribution in [3.63, 3.8) is 0 Å². The fourth-order valence-electron chi connectivity index (χ4n) is 2.43. The second kappa shape index (κ2) is 11.2. The van der Waals surface area contributed by atoms with E-state index in [0.717, 1.165) is 15.6 Å². The highest BCUT2D eigenvalue weighted by Gasteiger charge is 2.08. The molecule has 0 saturated heterocycles. The smallest absolute Gasteiger partial charge is 0.277 e. The molecule has 2 aromatic carbocycles. The molecule has 0 aliphatic heterocycles. The number of hydrazone groups is 1. The second-order valence-electron chi connectivity index (χ2n) is 6.37. The zero-order valence-corrected chi connectivity index (χ0v) is 18.2. The van der Waals surface area contributed by atoms with E-state index in [9.17, 15) is 9.59 Å². The Hall–Kier alpha value is -2.87.